The fraction of sp³-hybridized carbons (Fsp3) is 0.905. The molecule has 1 unspecified atom stereocenters. The molecule has 0 saturated carbocycles. The maximum absolute atomic E-state index is 5.63. The van der Waals surface area contributed by atoms with Crippen molar-refractivity contribution >= 4 is 11.6 Å². The summed E-state index contributed by atoms with van der Waals surface area (Å²) in [6, 6.07) is 0. The molecule has 0 aromatic carbocycles. The molecule has 0 heterocycles. The standard InChI is InChI=1S/C21H42ClNO5/c1-3-10-21(24-2)28-16-9-8-15-25-17-12-23-13-18-27-20-19-26-14-7-5-4-6-11-22/h8-9,21,23H,3-7,10-20H2,1-2H3/b9-8+. The Hall–Kier alpha value is -0.210. The molecule has 0 bridgehead atoms. The van der Waals surface area contributed by atoms with Crippen LogP contribution in [0.15, 0.2) is 12.2 Å². The maximum atomic E-state index is 5.63. The first-order chi connectivity index (χ1) is 13.8. The average Bonchev–Trinajstić information content (AvgIpc) is 2.71. The summed E-state index contributed by atoms with van der Waals surface area (Å²) in [5.74, 6) is 0.760. The predicted octanol–water partition coefficient (Wildman–Crippen LogP) is 3.77. The van der Waals surface area contributed by atoms with Gasteiger partial charge in [0.05, 0.1) is 39.6 Å². The minimum atomic E-state index is -0.111. The second-order valence-corrected chi connectivity index (χ2v) is 6.79. The molecule has 1 atom stereocenters. The number of alkyl halides is 1. The van der Waals surface area contributed by atoms with Crippen LogP contribution in [-0.4, -0.2) is 78.6 Å². The Balaban J connectivity index is 3.14. The molecule has 168 valence electrons. The molecule has 0 rings (SSSR count). The Bertz CT molecular complexity index is 321. The van der Waals surface area contributed by atoms with Crippen molar-refractivity contribution in [2.24, 2.45) is 0 Å². The van der Waals surface area contributed by atoms with Crippen molar-refractivity contribution in [3.63, 3.8) is 0 Å². The van der Waals surface area contributed by atoms with Crippen LogP contribution in [0, 0.1) is 0 Å². The van der Waals surface area contributed by atoms with Crippen LogP contribution in [0.25, 0.3) is 0 Å². The van der Waals surface area contributed by atoms with Gasteiger partial charge in [-0.15, -0.1) is 11.6 Å². The van der Waals surface area contributed by atoms with Crippen molar-refractivity contribution in [1.29, 1.82) is 0 Å². The molecule has 0 amide bonds. The molecule has 1 N–H and O–H groups in total. The van der Waals surface area contributed by atoms with Gasteiger partial charge < -0.3 is 29.0 Å². The van der Waals surface area contributed by atoms with Gasteiger partial charge in [0.1, 0.15) is 0 Å². The summed E-state index contributed by atoms with van der Waals surface area (Å²) in [5, 5.41) is 3.29. The summed E-state index contributed by atoms with van der Waals surface area (Å²) in [7, 11) is 1.67. The summed E-state index contributed by atoms with van der Waals surface area (Å²) >= 11 is 5.63. The normalized spacial score (nSPS) is 12.8. The Kier molecular flexibility index (Phi) is 24.6. The maximum Gasteiger partial charge on any atom is 0.157 e. The number of nitrogens with one attached hydrogen (secondary N) is 1. The van der Waals surface area contributed by atoms with Crippen molar-refractivity contribution in [2.45, 2.75) is 51.7 Å². The SMILES string of the molecule is CCCC(OC)OC/C=C/COCCNCCOCCOCCCCCCCl. The molecule has 7 heteroatoms. The van der Waals surface area contributed by atoms with E-state index in [9.17, 15) is 0 Å². The lowest BCUT2D eigenvalue weighted by atomic mass is 10.2. The van der Waals surface area contributed by atoms with Crippen molar-refractivity contribution in [2.75, 3.05) is 72.3 Å². The van der Waals surface area contributed by atoms with Crippen LogP contribution < -0.4 is 5.32 Å². The van der Waals surface area contributed by atoms with Gasteiger partial charge in [-0.3, -0.25) is 0 Å². The molecule has 0 spiro atoms. The van der Waals surface area contributed by atoms with Gasteiger partial charge in [0.25, 0.3) is 0 Å². The minimum Gasteiger partial charge on any atom is -0.379 e. The predicted molar refractivity (Wildman–Crippen MR) is 115 cm³/mol. The zero-order chi connectivity index (χ0) is 20.5. The summed E-state index contributed by atoms with van der Waals surface area (Å²) < 4.78 is 27.3. The Labute approximate surface area is 177 Å². The van der Waals surface area contributed by atoms with E-state index in [0.29, 0.717) is 39.6 Å². The lowest BCUT2D eigenvalue weighted by molar-refractivity contribution is -0.118. The van der Waals surface area contributed by atoms with Crippen molar-refractivity contribution in [3.05, 3.63) is 12.2 Å². The molecule has 0 aliphatic rings. The molecular formula is C21H42ClNO5. The third-order valence-electron chi connectivity index (χ3n) is 3.94. The lowest BCUT2D eigenvalue weighted by Gasteiger charge is -2.13. The van der Waals surface area contributed by atoms with E-state index < -0.39 is 0 Å². The highest BCUT2D eigenvalue weighted by molar-refractivity contribution is 6.17. The topological polar surface area (TPSA) is 58.2 Å². The number of ether oxygens (including phenoxy) is 5. The number of rotatable bonds is 23. The first-order valence-electron chi connectivity index (χ1n) is 10.6. The molecule has 0 aromatic rings. The highest BCUT2D eigenvalue weighted by Gasteiger charge is 2.03. The van der Waals surface area contributed by atoms with Gasteiger partial charge in [0.2, 0.25) is 0 Å². The van der Waals surface area contributed by atoms with Crippen molar-refractivity contribution in [1.82, 2.24) is 5.32 Å². The smallest absolute Gasteiger partial charge is 0.157 e. The van der Waals surface area contributed by atoms with Crippen LogP contribution in [0.4, 0.5) is 0 Å². The first-order valence-corrected chi connectivity index (χ1v) is 11.2. The molecule has 0 saturated heterocycles. The van der Waals surface area contributed by atoms with Gasteiger partial charge in [-0.1, -0.05) is 38.3 Å². The van der Waals surface area contributed by atoms with Crippen molar-refractivity contribution in [3.8, 4) is 0 Å². The number of methoxy groups -OCH3 is 1. The van der Waals surface area contributed by atoms with Gasteiger partial charge in [-0.05, 0) is 19.3 Å². The fourth-order valence-corrected chi connectivity index (χ4v) is 2.53. The van der Waals surface area contributed by atoms with Gasteiger partial charge in [-0.2, -0.15) is 0 Å². The number of hydrogen-bond acceptors (Lipinski definition) is 6. The van der Waals surface area contributed by atoms with Gasteiger partial charge in [0.15, 0.2) is 6.29 Å². The van der Waals surface area contributed by atoms with E-state index in [2.05, 4.69) is 12.2 Å². The van der Waals surface area contributed by atoms with Gasteiger partial charge in [0, 0.05) is 32.7 Å². The van der Waals surface area contributed by atoms with E-state index in [1.165, 1.54) is 12.8 Å². The molecule has 6 nitrogen and oxygen atoms in total. The quantitative estimate of drug-likeness (QED) is 0.117. The van der Waals surface area contributed by atoms with Crippen LogP contribution in [0.2, 0.25) is 0 Å². The minimum absolute atomic E-state index is 0.111. The summed E-state index contributed by atoms with van der Waals surface area (Å²) in [4.78, 5) is 0. The molecule has 0 fully saturated rings. The van der Waals surface area contributed by atoms with Crippen LogP contribution in [-0.2, 0) is 23.7 Å². The van der Waals surface area contributed by atoms with Gasteiger partial charge >= 0.3 is 0 Å². The summed E-state index contributed by atoms with van der Waals surface area (Å²) in [6.45, 7) is 8.38. The van der Waals surface area contributed by atoms with E-state index in [1.807, 2.05) is 12.2 Å². The molecular weight excluding hydrogens is 382 g/mol. The molecule has 0 aliphatic heterocycles. The monoisotopic (exact) mass is 423 g/mol. The van der Waals surface area contributed by atoms with E-state index in [1.54, 1.807) is 7.11 Å². The van der Waals surface area contributed by atoms with Crippen LogP contribution in [0.1, 0.15) is 45.4 Å². The molecule has 28 heavy (non-hydrogen) atoms. The van der Waals surface area contributed by atoms with Crippen molar-refractivity contribution < 1.29 is 23.7 Å². The zero-order valence-corrected chi connectivity index (χ0v) is 18.7. The second kappa shape index (κ2) is 24.8. The lowest BCUT2D eigenvalue weighted by Crippen LogP contribution is -2.24. The Morgan fingerprint density at radius 1 is 0.821 bits per heavy atom. The average molecular weight is 424 g/mol. The van der Waals surface area contributed by atoms with E-state index in [-0.39, 0.29) is 6.29 Å². The second-order valence-electron chi connectivity index (χ2n) is 6.41. The highest BCUT2D eigenvalue weighted by Crippen LogP contribution is 2.02. The van der Waals surface area contributed by atoms with Crippen LogP contribution in [0.3, 0.4) is 0 Å². The van der Waals surface area contributed by atoms with E-state index in [0.717, 1.165) is 51.3 Å². The summed E-state index contributed by atoms with van der Waals surface area (Å²) in [5.41, 5.74) is 0. The summed E-state index contributed by atoms with van der Waals surface area (Å²) in [6.07, 6.45) is 10.4. The largest absolute Gasteiger partial charge is 0.379 e. The van der Waals surface area contributed by atoms with Gasteiger partial charge in [-0.25, -0.2) is 0 Å². The highest BCUT2D eigenvalue weighted by atomic mass is 35.5. The third kappa shape index (κ3) is 22.1. The first kappa shape index (κ1) is 27.8. The van der Waals surface area contributed by atoms with E-state index in [4.69, 9.17) is 35.3 Å². The van der Waals surface area contributed by atoms with Crippen LogP contribution >= 0.6 is 11.6 Å². The molecule has 0 aromatic heterocycles. The molecule has 0 radical (unpaired) electrons. The number of unbranched alkanes of at least 4 members (excludes halogenated alkanes) is 3. The number of hydrogen-bond donors (Lipinski definition) is 1. The van der Waals surface area contributed by atoms with E-state index >= 15 is 0 Å². The third-order valence-corrected chi connectivity index (χ3v) is 4.20. The Morgan fingerprint density at radius 2 is 1.50 bits per heavy atom. The fourth-order valence-electron chi connectivity index (χ4n) is 2.34. The Morgan fingerprint density at radius 3 is 2.21 bits per heavy atom. The molecule has 0 aliphatic carbocycles. The number of halogens is 1. The van der Waals surface area contributed by atoms with Crippen LogP contribution in [0.5, 0.6) is 0 Å². The zero-order valence-electron chi connectivity index (χ0n) is 18.0.